The first-order valence-electron chi connectivity index (χ1n) is 7.39. The number of esters is 1. The number of hydrogen-bond acceptors (Lipinski definition) is 5. The first kappa shape index (κ1) is 15.2. The van der Waals surface area contributed by atoms with Crippen LogP contribution in [0, 0.1) is 5.92 Å². The summed E-state index contributed by atoms with van der Waals surface area (Å²) in [5.74, 6) is 0.454. The van der Waals surface area contributed by atoms with Gasteiger partial charge >= 0.3 is 5.97 Å². The van der Waals surface area contributed by atoms with E-state index in [0.717, 1.165) is 17.5 Å². The normalized spacial score (nSPS) is 16.1. The van der Waals surface area contributed by atoms with Gasteiger partial charge in [-0.1, -0.05) is 19.3 Å². The Labute approximate surface area is 124 Å². The summed E-state index contributed by atoms with van der Waals surface area (Å²) in [5.41, 5.74) is 6.45. The molecular weight excluding hydrogens is 272 g/mol. The molecule has 0 aromatic carbocycles. The van der Waals surface area contributed by atoms with Crippen LogP contribution < -0.4 is 10.6 Å². The molecule has 5 heteroatoms. The van der Waals surface area contributed by atoms with Crippen molar-refractivity contribution in [3.63, 3.8) is 0 Å². The first-order chi connectivity index (χ1) is 9.61. The molecule has 1 saturated carbocycles. The number of hydrogen-bond donors (Lipinski definition) is 1. The van der Waals surface area contributed by atoms with Crippen molar-refractivity contribution in [2.75, 3.05) is 30.8 Å². The number of carbonyl (C=O) groups excluding carboxylic acids is 1. The molecule has 0 unspecified atom stereocenters. The van der Waals surface area contributed by atoms with Crippen molar-refractivity contribution in [3.05, 3.63) is 10.9 Å². The summed E-state index contributed by atoms with van der Waals surface area (Å²) < 4.78 is 5.02. The van der Waals surface area contributed by atoms with E-state index in [9.17, 15) is 4.79 Å². The van der Waals surface area contributed by atoms with Gasteiger partial charge in [0.15, 0.2) is 0 Å². The molecule has 1 aromatic heterocycles. The smallest absolute Gasteiger partial charge is 0.350 e. The van der Waals surface area contributed by atoms with E-state index in [1.807, 2.05) is 6.07 Å². The van der Waals surface area contributed by atoms with Crippen LogP contribution in [0.3, 0.4) is 0 Å². The van der Waals surface area contributed by atoms with Crippen molar-refractivity contribution in [3.8, 4) is 0 Å². The SMILES string of the molecule is CCOC(=O)c1sc(N(C)CC2CCCCC2)cc1N. The Hall–Kier alpha value is -1.23. The van der Waals surface area contributed by atoms with Crippen molar-refractivity contribution in [1.82, 2.24) is 0 Å². The topological polar surface area (TPSA) is 55.6 Å². The number of nitrogens with zero attached hydrogens (tertiary/aromatic N) is 1. The van der Waals surface area contributed by atoms with Gasteiger partial charge in [-0.15, -0.1) is 11.3 Å². The number of nitrogens with two attached hydrogens (primary N) is 1. The maximum absolute atomic E-state index is 11.8. The molecule has 2 N–H and O–H groups in total. The van der Waals surface area contributed by atoms with Gasteiger partial charge in [0.1, 0.15) is 4.88 Å². The molecular formula is C15H24N2O2S. The van der Waals surface area contributed by atoms with Crippen LogP contribution in [0.1, 0.15) is 48.7 Å². The summed E-state index contributed by atoms with van der Waals surface area (Å²) >= 11 is 1.43. The quantitative estimate of drug-likeness (QED) is 0.845. The average molecular weight is 296 g/mol. The number of anilines is 2. The van der Waals surface area contributed by atoms with E-state index >= 15 is 0 Å². The molecule has 0 radical (unpaired) electrons. The van der Waals surface area contributed by atoms with E-state index < -0.39 is 0 Å². The van der Waals surface area contributed by atoms with Crippen LogP contribution in [0.25, 0.3) is 0 Å². The zero-order chi connectivity index (χ0) is 14.5. The molecule has 0 saturated heterocycles. The van der Waals surface area contributed by atoms with E-state index in [0.29, 0.717) is 17.2 Å². The van der Waals surface area contributed by atoms with Crippen LogP contribution >= 0.6 is 11.3 Å². The highest BCUT2D eigenvalue weighted by molar-refractivity contribution is 7.18. The van der Waals surface area contributed by atoms with E-state index in [1.165, 1.54) is 43.4 Å². The molecule has 112 valence electrons. The Bertz CT molecular complexity index is 453. The zero-order valence-corrected chi connectivity index (χ0v) is 13.2. The van der Waals surface area contributed by atoms with Gasteiger partial charge in [0.25, 0.3) is 0 Å². The molecule has 1 aliphatic carbocycles. The van der Waals surface area contributed by atoms with Gasteiger partial charge < -0.3 is 15.4 Å². The fourth-order valence-electron chi connectivity index (χ4n) is 2.78. The van der Waals surface area contributed by atoms with Gasteiger partial charge in [-0.3, -0.25) is 0 Å². The van der Waals surface area contributed by atoms with Crippen LogP contribution in [-0.4, -0.2) is 26.2 Å². The molecule has 0 bridgehead atoms. The van der Waals surface area contributed by atoms with E-state index in [4.69, 9.17) is 10.5 Å². The lowest BCUT2D eigenvalue weighted by molar-refractivity contribution is 0.0533. The van der Waals surface area contributed by atoms with Gasteiger partial charge in [0.05, 0.1) is 17.3 Å². The molecule has 0 amide bonds. The van der Waals surface area contributed by atoms with Crippen molar-refractivity contribution < 1.29 is 9.53 Å². The highest BCUT2D eigenvalue weighted by atomic mass is 32.1. The van der Waals surface area contributed by atoms with Crippen molar-refractivity contribution in [2.45, 2.75) is 39.0 Å². The lowest BCUT2D eigenvalue weighted by Gasteiger charge is -2.27. The molecule has 1 aliphatic rings. The average Bonchev–Trinajstić information content (AvgIpc) is 2.82. The summed E-state index contributed by atoms with van der Waals surface area (Å²) in [7, 11) is 2.08. The van der Waals surface area contributed by atoms with Crippen LogP contribution in [0.15, 0.2) is 6.07 Å². The maximum atomic E-state index is 11.8. The third-order valence-corrected chi connectivity index (χ3v) is 5.09. The van der Waals surface area contributed by atoms with Gasteiger partial charge in [-0.25, -0.2) is 4.79 Å². The summed E-state index contributed by atoms with van der Waals surface area (Å²) in [6, 6.07) is 1.89. The van der Waals surface area contributed by atoms with Gasteiger partial charge in [0, 0.05) is 13.6 Å². The fourth-order valence-corrected chi connectivity index (χ4v) is 3.73. The highest BCUT2D eigenvalue weighted by Gasteiger charge is 2.20. The monoisotopic (exact) mass is 296 g/mol. The standard InChI is InChI=1S/C15H24N2O2S/c1-3-19-15(18)14-12(16)9-13(20-14)17(2)10-11-7-5-4-6-8-11/h9,11H,3-8,10,16H2,1-2H3. The minimum atomic E-state index is -0.313. The second-order valence-electron chi connectivity index (χ2n) is 5.47. The number of ether oxygens (including phenoxy) is 1. The van der Waals surface area contributed by atoms with Crippen LogP contribution in [-0.2, 0) is 4.74 Å². The van der Waals surface area contributed by atoms with Crippen LogP contribution in [0.4, 0.5) is 10.7 Å². The molecule has 0 aliphatic heterocycles. The molecule has 1 aromatic rings. The molecule has 1 fully saturated rings. The molecule has 2 rings (SSSR count). The minimum Gasteiger partial charge on any atom is -0.462 e. The van der Waals surface area contributed by atoms with Gasteiger partial charge in [0.2, 0.25) is 0 Å². The molecule has 20 heavy (non-hydrogen) atoms. The van der Waals surface area contributed by atoms with Crippen LogP contribution in [0.5, 0.6) is 0 Å². The number of nitrogen functional groups attached to an aromatic ring is 1. The summed E-state index contributed by atoms with van der Waals surface area (Å²) in [6.07, 6.45) is 6.70. The lowest BCUT2D eigenvalue weighted by atomic mass is 9.89. The van der Waals surface area contributed by atoms with Crippen molar-refractivity contribution in [1.29, 1.82) is 0 Å². The van der Waals surface area contributed by atoms with E-state index in [2.05, 4.69) is 11.9 Å². The largest absolute Gasteiger partial charge is 0.462 e. The Morgan fingerprint density at radius 3 is 2.80 bits per heavy atom. The summed E-state index contributed by atoms with van der Waals surface area (Å²) in [5, 5.41) is 1.05. The van der Waals surface area contributed by atoms with Crippen LogP contribution in [0.2, 0.25) is 0 Å². The molecule has 4 nitrogen and oxygen atoms in total. The molecule has 1 heterocycles. The Morgan fingerprint density at radius 2 is 2.15 bits per heavy atom. The van der Waals surface area contributed by atoms with Crippen molar-refractivity contribution >= 4 is 28.0 Å². The summed E-state index contributed by atoms with van der Waals surface area (Å²) in [4.78, 5) is 14.5. The second-order valence-corrected chi connectivity index (χ2v) is 6.50. The number of rotatable bonds is 5. The third-order valence-electron chi connectivity index (χ3n) is 3.84. The Kier molecular flexibility index (Phi) is 5.29. The lowest BCUT2D eigenvalue weighted by Crippen LogP contribution is -2.26. The van der Waals surface area contributed by atoms with Crippen molar-refractivity contribution in [2.24, 2.45) is 5.92 Å². The van der Waals surface area contributed by atoms with E-state index in [1.54, 1.807) is 6.92 Å². The fraction of sp³-hybridized carbons (Fsp3) is 0.667. The second kappa shape index (κ2) is 6.97. The predicted molar refractivity (Wildman–Crippen MR) is 84.5 cm³/mol. The van der Waals surface area contributed by atoms with Gasteiger partial charge in [-0.05, 0) is 31.7 Å². The maximum Gasteiger partial charge on any atom is 0.350 e. The number of carbonyl (C=O) groups is 1. The van der Waals surface area contributed by atoms with E-state index in [-0.39, 0.29) is 5.97 Å². The minimum absolute atomic E-state index is 0.313. The third kappa shape index (κ3) is 3.66. The highest BCUT2D eigenvalue weighted by Crippen LogP contribution is 2.34. The first-order valence-corrected chi connectivity index (χ1v) is 8.21. The molecule has 0 atom stereocenters. The zero-order valence-electron chi connectivity index (χ0n) is 12.4. The Balaban J connectivity index is 2.00. The Morgan fingerprint density at radius 1 is 1.45 bits per heavy atom. The predicted octanol–water partition coefficient (Wildman–Crippen LogP) is 3.52. The summed E-state index contributed by atoms with van der Waals surface area (Å²) in [6.45, 7) is 3.23. The van der Waals surface area contributed by atoms with Gasteiger partial charge in [-0.2, -0.15) is 0 Å². The number of thiophene rings is 1. The molecule has 0 spiro atoms.